The number of rotatable bonds is 2. The molecule has 0 nitrogen and oxygen atoms in total. The van der Waals surface area contributed by atoms with Crippen molar-refractivity contribution in [2.75, 3.05) is 0 Å². The number of hydrogen-bond donors (Lipinski definition) is 0. The molecule has 3 aromatic rings. The van der Waals surface area contributed by atoms with Crippen LogP contribution in [-0.4, -0.2) is 14.5 Å². The average molecular weight is 415 g/mol. The van der Waals surface area contributed by atoms with Crippen molar-refractivity contribution in [2.24, 2.45) is 0 Å². The molecule has 0 N–H and O–H groups in total. The Morgan fingerprint density at radius 1 is 0.882 bits per heavy atom. The Morgan fingerprint density at radius 3 is 2.35 bits per heavy atom. The average Bonchev–Trinajstić information content (AvgIpc) is 2.68. The summed E-state index contributed by atoms with van der Waals surface area (Å²) < 4.78 is 4.49. The van der Waals surface area contributed by atoms with Crippen LogP contribution >= 0.6 is 34.4 Å². The number of fused-ring (bicyclic) bond motifs is 1. The molecule has 2 aromatic carbocycles. The normalized spacial score (nSPS) is 10.9. The first-order chi connectivity index (χ1) is 8.34. The van der Waals surface area contributed by atoms with Crippen LogP contribution in [0.25, 0.3) is 9.65 Å². The third-order valence-electron chi connectivity index (χ3n) is 2.46. The predicted octanol–water partition coefficient (Wildman–Crippen LogP) is 4.65. The molecular formula is C14H9ISSe. The van der Waals surface area contributed by atoms with Crippen molar-refractivity contribution in [3.63, 3.8) is 0 Å². The zero-order chi connectivity index (χ0) is 11.7. The van der Waals surface area contributed by atoms with E-state index >= 15 is 0 Å². The van der Waals surface area contributed by atoms with Gasteiger partial charge < -0.3 is 0 Å². The van der Waals surface area contributed by atoms with Gasteiger partial charge in [0, 0.05) is 0 Å². The Kier molecular flexibility index (Phi) is 3.61. The predicted molar refractivity (Wildman–Crippen MR) is 84.2 cm³/mol. The van der Waals surface area contributed by atoms with Crippen molar-refractivity contribution in [1.29, 1.82) is 0 Å². The van der Waals surface area contributed by atoms with Gasteiger partial charge in [0.25, 0.3) is 0 Å². The van der Waals surface area contributed by atoms with Gasteiger partial charge in [-0.25, -0.2) is 0 Å². The summed E-state index contributed by atoms with van der Waals surface area (Å²) in [6.45, 7) is 0. The van der Waals surface area contributed by atoms with Crippen molar-refractivity contribution in [3.05, 3.63) is 58.2 Å². The van der Waals surface area contributed by atoms with Crippen molar-refractivity contribution in [2.45, 2.75) is 8.66 Å². The zero-order valence-corrected chi connectivity index (χ0v) is 13.6. The summed E-state index contributed by atoms with van der Waals surface area (Å²) >= 11 is 4.88. The van der Waals surface area contributed by atoms with Crippen LogP contribution in [0, 0.1) is 3.57 Å². The number of hydrogen-bond acceptors (Lipinski definition) is 1. The van der Waals surface area contributed by atoms with E-state index in [4.69, 9.17) is 0 Å². The van der Waals surface area contributed by atoms with Gasteiger partial charge in [0.1, 0.15) is 0 Å². The van der Waals surface area contributed by atoms with E-state index in [0.717, 1.165) is 0 Å². The quantitative estimate of drug-likeness (QED) is 0.434. The minimum atomic E-state index is 0.480. The first-order valence-corrected chi connectivity index (χ1v) is 8.85. The van der Waals surface area contributed by atoms with Crippen LogP contribution in [0.2, 0.25) is 0 Å². The maximum absolute atomic E-state index is 2.49. The van der Waals surface area contributed by atoms with E-state index in [9.17, 15) is 0 Å². The van der Waals surface area contributed by atoms with Gasteiger partial charge in [-0.1, -0.05) is 0 Å². The molecule has 0 radical (unpaired) electrons. The van der Waals surface area contributed by atoms with Crippen LogP contribution in [0.5, 0.6) is 0 Å². The van der Waals surface area contributed by atoms with Crippen LogP contribution in [0.1, 0.15) is 0 Å². The fourth-order valence-corrected chi connectivity index (χ4v) is 7.25. The molecule has 0 spiro atoms. The molecule has 0 saturated carbocycles. The molecule has 3 rings (SSSR count). The Labute approximate surface area is 124 Å². The Balaban J connectivity index is 2.04. The second-order valence-corrected chi connectivity index (χ2v) is 8.57. The van der Waals surface area contributed by atoms with Gasteiger partial charge in [0.05, 0.1) is 0 Å². The first kappa shape index (κ1) is 11.8. The van der Waals surface area contributed by atoms with Gasteiger partial charge in [-0.05, 0) is 0 Å². The molecule has 0 saturated heterocycles. The molecule has 3 heteroatoms. The zero-order valence-electron chi connectivity index (χ0n) is 8.89. The molecule has 0 bridgehead atoms. The standard InChI is InChI=1S/C14H9ISSe/c15-13-11-8-4-5-9-12(11)17-14(13)16-10-6-2-1-3-7-10/h1-9H. The molecule has 1 aromatic heterocycles. The molecule has 17 heavy (non-hydrogen) atoms. The summed E-state index contributed by atoms with van der Waals surface area (Å²) in [6, 6.07) is 19.4. The van der Waals surface area contributed by atoms with Crippen molar-refractivity contribution >= 4 is 58.5 Å². The first-order valence-electron chi connectivity index (χ1n) is 5.24. The molecule has 0 fully saturated rings. The molecular weight excluding hydrogens is 406 g/mol. The SMILES string of the molecule is Ic1c(Sc2ccccc2)[se]c2ccccc12. The fourth-order valence-electron chi connectivity index (χ4n) is 1.65. The van der Waals surface area contributed by atoms with Gasteiger partial charge >= 0.3 is 125 Å². The monoisotopic (exact) mass is 416 g/mol. The molecule has 0 aliphatic carbocycles. The molecule has 0 aliphatic heterocycles. The molecule has 0 unspecified atom stereocenters. The molecule has 84 valence electrons. The van der Waals surface area contributed by atoms with Crippen molar-refractivity contribution in [1.82, 2.24) is 0 Å². The van der Waals surface area contributed by atoms with Crippen LogP contribution < -0.4 is 0 Å². The second kappa shape index (κ2) is 5.19. The maximum atomic E-state index is 2.49. The van der Waals surface area contributed by atoms with Gasteiger partial charge in [-0.3, -0.25) is 0 Å². The van der Waals surface area contributed by atoms with Gasteiger partial charge in [-0.2, -0.15) is 0 Å². The van der Waals surface area contributed by atoms with Crippen molar-refractivity contribution < 1.29 is 0 Å². The van der Waals surface area contributed by atoms with Gasteiger partial charge in [0.15, 0.2) is 0 Å². The third kappa shape index (κ3) is 2.48. The Bertz CT molecular complexity index is 646. The van der Waals surface area contributed by atoms with Crippen LogP contribution in [0.15, 0.2) is 63.3 Å². The van der Waals surface area contributed by atoms with Crippen molar-refractivity contribution in [3.8, 4) is 0 Å². The summed E-state index contributed by atoms with van der Waals surface area (Å²) in [5.74, 6) is 0. The topological polar surface area (TPSA) is 0 Å². The second-order valence-electron chi connectivity index (χ2n) is 3.61. The van der Waals surface area contributed by atoms with E-state index in [1.807, 2.05) is 11.8 Å². The van der Waals surface area contributed by atoms with Gasteiger partial charge in [0.2, 0.25) is 0 Å². The summed E-state index contributed by atoms with van der Waals surface area (Å²) in [5, 5.41) is 1.44. The van der Waals surface area contributed by atoms with E-state index in [2.05, 4.69) is 77.2 Å². The summed E-state index contributed by atoms with van der Waals surface area (Å²) in [4.78, 5) is 1.34. The molecule has 0 amide bonds. The molecule has 0 atom stereocenters. The van der Waals surface area contributed by atoms with Crippen LogP contribution in [0.4, 0.5) is 0 Å². The number of halogens is 1. The summed E-state index contributed by atoms with van der Waals surface area (Å²) in [7, 11) is 0. The minimum absolute atomic E-state index is 0.480. The van der Waals surface area contributed by atoms with Crippen LogP contribution in [-0.2, 0) is 0 Å². The van der Waals surface area contributed by atoms with E-state index in [1.165, 1.54) is 21.9 Å². The Morgan fingerprint density at radius 2 is 1.59 bits per heavy atom. The summed E-state index contributed by atoms with van der Waals surface area (Å²) in [6.07, 6.45) is 0. The van der Waals surface area contributed by atoms with E-state index < -0.39 is 0 Å². The Hall–Kier alpha value is -0.221. The fraction of sp³-hybridized carbons (Fsp3) is 0. The molecule has 0 aliphatic rings. The third-order valence-corrected chi connectivity index (χ3v) is 8.65. The van der Waals surface area contributed by atoms with E-state index in [1.54, 1.807) is 0 Å². The van der Waals surface area contributed by atoms with Crippen LogP contribution in [0.3, 0.4) is 0 Å². The molecule has 1 heterocycles. The van der Waals surface area contributed by atoms with E-state index in [-0.39, 0.29) is 0 Å². The van der Waals surface area contributed by atoms with E-state index in [0.29, 0.717) is 14.5 Å². The summed E-state index contributed by atoms with van der Waals surface area (Å²) in [5.41, 5.74) is 0. The van der Waals surface area contributed by atoms with Gasteiger partial charge in [-0.15, -0.1) is 0 Å². The number of benzene rings is 2.